The number of ether oxygens (including phenoxy) is 1. The molecular formula is C22H24N4O2. The summed E-state index contributed by atoms with van der Waals surface area (Å²) in [7, 11) is 0. The summed E-state index contributed by atoms with van der Waals surface area (Å²) >= 11 is 0. The largest absolute Gasteiger partial charge is 0.490 e. The Morgan fingerprint density at radius 1 is 1.11 bits per heavy atom. The van der Waals surface area contributed by atoms with Crippen LogP contribution in [-0.2, 0) is 0 Å². The van der Waals surface area contributed by atoms with Crippen molar-refractivity contribution >= 4 is 16.7 Å². The first-order chi connectivity index (χ1) is 13.7. The van der Waals surface area contributed by atoms with E-state index in [0.717, 1.165) is 52.6 Å². The number of nitrogens with zero attached hydrogens (tertiary/aromatic N) is 3. The number of rotatable bonds is 6. The van der Waals surface area contributed by atoms with Crippen LogP contribution in [0.2, 0.25) is 0 Å². The van der Waals surface area contributed by atoms with Crippen molar-refractivity contribution < 1.29 is 9.84 Å². The number of hydrogen-bond donors (Lipinski definition) is 2. The molecule has 6 nitrogen and oxygen atoms in total. The van der Waals surface area contributed by atoms with E-state index in [1.807, 2.05) is 24.3 Å². The monoisotopic (exact) mass is 376 g/mol. The summed E-state index contributed by atoms with van der Waals surface area (Å²) < 4.78 is 6.08. The van der Waals surface area contributed by atoms with E-state index < -0.39 is 6.10 Å². The summed E-state index contributed by atoms with van der Waals surface area (Å²) in [5.74, 6) is 2.69. The molecule has 2 aliphatic rings. The summed E-state index contributed by atoms with van der Waals surface area (Å²) in [5, 5.41) is 12.6. The van der Waals surface area contributed by atoms with Gasteiger partial charge in [-0.15, -0.1) is 0 Å². The Kier molecular flexibility index (Phi) is 4.37. The number of benzene rings is 2. The van der Waals surface area contributed by atoms with Crippen molar-refractivity contribution in [2.45, 2.75) is 12.5 Å². The van der Waals surface area contributed by atoms with Gasteiger partial charge < -0.3 is 20.5 Å². The SMILES string of the molecule is Nc1ncc(-c2c(OCC(O)CN3C[C@H]4C[C@H]4C3)ccc3ccccc23)cn1. The Balaban J connectivity index is 1.38. The van der Waals surface area contributed by atoms with Crippen molar-refractivity contribution in [3.05, 3.63) is 48.8 Å². The van der Waals surface area contributed by atoms with E-state index >= 15 is 0 Å². The van der Waals surface area contributed by atoms with Gasteiger partial charge in [0.05, 0.1) is 0 Å². The summed E-state index contributed by atoms with van der Waals surface area (Å²) in [6, 6.07) is 12.1. The Hall–Kier alpha value is -2.70. The minimum absolute atomic E-state index is 0.241. The highest BCUT2D eigenvalue weighted by molar-refractivity contribution is 5.99. The van der Waals surface area contributed by atoms with Gasteiger partial charge in [0.25, 0.3) is 0 Å². The molecule has 1 aliphatic heterocycles. The van der Waals surface area contributed by atoms with Gasteiger partial charge in [-0.1, -0.05) is 30.3 Å². The molecule has 1 aromatic heterocycles. The predicted octanol–water partition coefficient (Wildman–Crippen LogP) is 2.57. The van der Waals surface area contributed by atoms with Crippen molar-refractivity contribution in [1.29, 1.82) is 0 Å². The molecule has 1 saturated carbocycles. The summed E-state index contributed by atoms with van der Waals surface area (Å²) in [5.41, 5.74) is 7.42. The van der Waals surface area contributed by atoms with Crippen LogP contribution in [0.4, 0.5) is 5.95 Å². The molecule has 1 saturated heterocycles. The van der Waals surface area contributed by atoms with Crippen LogP contribution in [0.15, 0.2) is 48.8 Å². The number of aliphatic hydroxyl groups excluding tert-OH is 1. The standard InChI is InChI=1S/C22H24N4O2/c23-22-24-8-17(9-25-22)21-19-4-2-1-3-14(19)5-6-20(21)28-13-18(27)12-26-10-15-7-16(15)11-26/h1-6,8-9,15-16,18,27H,7,10-13H2,(H2,23,24,25)/t15-,16+,18?. The third-order valence-corrected chi connectivity index (χ3v) is 5.81. The van der Waals surface area contributed by atoms with Gasteiger partial charge in [0.2, 0.25) is 5.95 Å². The molecule has 2 fully saturated rings. The van der Waals surface area contributed by atoms with Crippen LogP contribution < -0.4 is 10.5 Å². The molecule has 3 aromatic rings. The molecule has 1 unspecified atom stereocenters. The molecule has 6 heteroatoms. The quantitative estimate of drug-likeness (QED) is 0.688. The van der Waals surface area contributed by atoms with Gasteiger partial charge in [-0.2, -0.15) is 0 Å². The van der Waals surface area contributed by atoms with Crippen LogP contribution in [-0.4, -0.2) is 52.3 Å². The number of fused-ring (bicyclic) bond motifs is 2. The molecule has 0 bridgehead atoms. The molecule has 0 spiro atoms. The van der Waals surface area contributed by atoms with Crippen molar-refractivity contribution in [1.82, 2.24) is 14.9 Å². The topological polar surface area (TPSA) is 84.5 Å². The van der Waals surface area contributed by atoms with E-state index in [2.05, 4.69) is 27.0 Å². The number of β-amino-alcohol motifs (C(OH)–C–C–N with tert-alkyl or cyclic N) is 1. The lowest BCUT2D eigenvalue weighted by molar-refractivity contribution is 0.0726. The number of hydrogen-bond acceptors (Lipinski definition) is 6. The average molecular weight is 376 g/mol. The Morgan fingerprint density at radius 3 is 2.64 bits per heavy atom. The van der Waals surface area contributed by atoms with Crippen molar-refractivity contribution in [2.75, 3.05) is 32.0 Å². The zero-order valence-corrected chi connectivity index (χ0v) is 15.7. The van der Waals surface area contributed by atoms with Crippen LogP contribution >= 0.6 is 0 Å². The first-order valence-electron chi connectivity index (χ1n) is 9.80. The Morgan fingerprint density at radius 2 is 1.86 bits per heavy atom. The van der Waals surface area contributed by atoms with E-state index in [9.17, 15) is 5.11 Å². The van der Waals surface area contributed by atoms with Crippen molar-refractivity contribution in [3.8, 4) is 16.9 Å². The zero-order valence-electron chi connectivity index (χ0n) is 15.7. The van der Waals surface area contributed by atoms with Gasteiger partial charge in [-0.3, -0.25) is 0 Å². The maximum atomic E-state index is 10.5. The lowest BCUT2D eigenvalue weighted by atomic mass is 9.99. The van der Waals surface area contributed by atoms with E-state index in [1.165, 1.54) is 6.42 Å². The number of nitrogen functional groups attached to an aromatic ring is 1. The summed E-state index contributed by atoms with van der Waals surface area (Å²) in [4.78, 5) is 10.6. The second kappa shape index (κ2) is 7.04. The molecule has 3 atom stereocenters. The van der Waals surface area contributed by atoms with E-state index in [0.29, 0.717) is 6.54 Å². The molecule has 2 heterocycles. The molecule has 3 N–H and O–H groups in total. The van der Waals surface area contributed by atoms with Crippen LogP contribution in [0.1, 0.15) is 6.42 Å². The second-order valence-electron chi connectivity index (χ2n) is 7.93. The van der Waals surface area contributed by atoms with Gasteiger partial charge in [-0.05, 0) is 35.1 Å². The fraction of sp³-hybridized carbons (Fsp3) is 0.364. The lowest BCUT2D eigenvalue weighted by Crippen LogP contribution is -2.35. The van der Waals surface area contributed by atoms with E-state index in [4.69, 9.17) is 10.5 Å². The van der Waals surface area contributed by atoms with E-state index in [1.54, 1.807) is 12.4 Å². The predicted molar refractivity (Wildman–Crippen MR) is 109 cm³/mol. The van der Waals surface area contributed by atoms with Crippen LogP contribution in [0.5, 0.6) is 5.75 Å². The molecule has 5 rings (SSSR count). The van der Waals surface area contributed by atoms with Gasteiger partial charge >= 0.3 is 0 Å². The highest BCUT2D eigenvalue weighted by Crippen LogP contribution is 2.44. The first kappa shape index (κ1) is 17.4. The minimum atomic E-state index is -0.514. The Labute approximate surface area is 164 Å². The molecule has 28 heavy (non-hydrogen) atoms. The molecular weight excluding hydrogens is 352 g/mol. The van der Waals surface area contributed by atoms with E-state index in [-0.39, 0.29) is 12.6 Å². The zero-order chi connectivity index (χ0) is 19.1. The number of piperidine rings is 1. The summed E-state index contributed by atoms with van der Waals surface area (Å²) in [6.45, 7) is 3.16. The molecule has 2 aromatic carbocycles. The van der Waals surface area contributed by atoms with Crippen LogP contribution in [0.25, 0.3) is 21.9 Å². The third-order valence-electron chi connectivity index (χ3n) is 5.81. The highest BCUT2D eigenvalue weighted by atomic mass is 16.5. The fourth-order valence-electron chi connectivity index (χ4n) is 4.32. The molecule has 144 valence electrons. The number of aliphatic hydroxyl groups is 1. The molecule has 0 amide bonds. The fourth-order valence-corrected chi connectivity index (χ4v) is 4.32. The highest BCUT2D eigenvalue weighted by Gasteiger charge is 2.45. The van der Waals surface area contributed by atoms with Gasteiger partial charge in [-0.25, -0.2) is 9.97 Å². The molecule has 0 radical (unpaired) electrons. The molecule has 1 aliphatic carbocycles. The van der Waals surface area contributed by atoms with Gasteiger partial charge in [0, 0.05) is 43.2 Å². The maximum absolute atomic E-state index is 10.5. The van der Waals surface area contributed by atoms with Gasteiger partial charge in [0.15, 0.2) is 0 Å². The smallest absolute Gasteiger partial charge is 0.219 e. The van der Waals surface area contributed by atoms with Crippen molar-refractivity contribution in [2.24, 2.45) is 11.8 Å². The minimum Gasteiger partial charge on any atom is -0.490 e. The maximum Gasteiger partial charge on any atom is 0.219 e. The van der Waals surface area contributed by atoms with Crippen molar-refractivity contribution in [3.63, 3.8) is 0 Å². The second-order valence-corrected chi connectivity index (χ2v) is 7.93. The number of likely N-dealkylation sites (tertiary alicyclic amines) is 1. The third kappa shape index (κ3) is 3.41. The van der Waals surface area contributed by atoms with Crippen LogP contribution in [0, 0.1) is 11.8 Å². The first-order valence-corrected chi connectivity index (χ1v) is 9.80. The number of anilines is 1. The lowest BCUT2D eigenvalue weighted by Gasteiger charge is -2.22. The van der Waals surface area contributed by atoms with Gasteiger partial charge in [0.1, 0.15) is 18.5 Å². The normalized spacial score (nSPS) is 22.2. The number of nitrogens with two attached hydrogens (primary N) is 1. The number of aromatic nitrogens is 2. The Bertz CT molecular complexity index is 981. The summed E-state index contributed by atoms with van der Waals surface area (Å²) in [6.07, 6.45) is 4.28. The average Bonchev–Trinajstić information content (AvgIpc) is 3.32. The van der Waals surface area contributed by atoms with Crippen LogP contribution in [0.3, 0.4) is 0 Å².